The first-order valence-corrected chi connectivity index (χ1v) is 10.3. The third-order valence-electron chi connectivity index (χ3n) is 6.14. The Hall–Kier alpha value is -3.85. The molecule has 34 heavy (non-hydrogen) atoms. The number of oxazole rings is 1. The second-order valence-electron chi connectivity index (χ2n) is 8.03. The molecule has 4 aromatic rings. The van der Waals surface area contributed by atoms with Crippen molar-refractivity contribution in [1.29, 1.82) is 0 Å². The van der Waals surface area contributed by atoms with Crippen LogP contribution in [-0.2, 0) is 12.6 Å². The second-order valence-corrected chi connectivity index (χ2v) is 8.03. The van der Waals surface area contributed by atoms with Gasteiger partial charge in [-0.05, 0) is 40.5 Å². The van der Waals surface area contributed by atoms with Crippen LogP contribution in [0.15, 0.2) is 75.9 Å². The van der Waals surface area contributed by atoms with Crippen molar-refractivity contribution in [2.45, 2.75) is 24.6 Å². The van der Waals surface area contributed by atoms with Crippen LogP contribution in [0.1, 0.15) is 34.3 Å². The van der Waals surface area contributed by atoms with E-state index in [1.165, 1.54) is 31.3 Å². The van der Waals surface area contributed by atoms with Crippen molar-refractivity contribution in [2.24, 2.45) is 7.05 Å². The van der Waals surface area contributed by atoms with E-state index >= 15 is 0 Å². The Morgan fingerprint density at radius 3 is 2.32 bits per heavy atom. The first-order valence-electron chi connectivity index (χ1n) is 10.3. The average Bonchev–Trinajstić information content (AvgIpc) is 3.10. The summed E-state index contributed by atoms with van der Waals surface area (Å²) in [6.45, 7) is 1.14. The molecule has 2 atom stereocenters. The van der Waals surface area contributed by atoms with Gasteiger partial charge in [0.05, 0.1) is 11.1 Å². The maximum atomic E-state index is 14.6. The van der Waals surface area contributed by atoms with Crippen molar-refractivity contribution < 1.29 is 32.6 Å². The molecule has 1 heterocycles. The van der Waals surface area contributed by atoms with E-state index in [1.54, 1.807) is 30.3 Å². The molecule has 0 saturated carbocycles. The lowest BCUT2D eigenvalue weighted by atomic mass is 9.74. The molecule has 0 saturated heterocycles. The minimum atomic E-state index is -5.19. The van der Waals surface area contributed by atoms with E-state index in [2.05, 4.69) is 0 Å². The van der Waals surface area contributed by atoms with E-state index in [0.29, 0.717) is 5.56 Å². The van der Waals surface area contributed by atoms with E-state index in [-0.39, 0.29) is 27.8 Å². The van der Waals surface area contributed by atoms with Crippen LogP contribution in [0, 0.1) is 0 Å². The first-order chi connectivity index (χ1) is 16.0. The first kappa shape index (κ1) is 23.3. The number of carboxylic acid groups (broad SMARTS) is 1. The predicted molar refractivity (Wildman–Crippen MR) is 119 cm³/mol. The molecule has 1 aromatic heterocycles. The topological polar surface area (TPSA) is 92.7 Å². The van der Waals surface area contributed by atoms with Crippen molar-refractivity contribution in [3.63, 3.8) is 0 Å². The number of hydrogen-bond donors (Lipinski definition) is 2. The zero-order chi connectivity index (χ0) is 24.8. The highest BCUT2D eigenvalue weighted by molar-refractivity contribution is 5.92. The molecule has 6 nitrogen and oxygen atoms in total. The Morgan fingerprint density at radius 1 is 1.03 bits per heavy atom. The van der Waals surface area contributed by atoms with Crippen molar-refractivity contribution in [3.05, 3.63) is 94.0 Å². The molecular weight excluding hydrogens is 451 g/mol. The summed E-state index contributed by atoms with van der Waals surface area (Å²) in [6.07, 6.45) is -5.19. The number of aromatic nitrogens is 1. The maximum Gasteiger partial charge on any atom is 0.422 e. The molecule has 176 valence electrons. The van der Waals surface area contributed by atoms with Crippen LogP contribution >= 0.6 is 0 Å². The number of hydrogen-bond acceptors (Lipinski definition) is 4. The Morgan fingerprint density at radius 2 is 1.71 bits per heavy atom. The zero-order valence-corrected chi connectivity index (χ0v) is 18.1. The fraction of sp³-hybridized carbons (Fsp3) is 0.200. The maximum absolute atomic E-state index is 14.6. The van der Waals surface area contributed by atoms with E-state index in [0.717, 1.165) is 23.6 Å². The summed E-state index contributed by atoms with van der Waals surface area (Å²) in [6, 6.07) is 15.8. The highest BCUT2D eigenvalue weighted by Gasteiger charge is 2.59. The summed E-state index contributed by atoms with van der Waals surface area (Å²) in [5.74, 6) is -3.92. The lowest BCUT2D eigenvalue weighted by Gasteiger charge is -2.38. The largest absolute Gasteiger partial charge is 0.478 e. The van der Waals surface area contributed by atoms with Gasteiger partial charge in [-0.25, -0.2) is 9.59 Å². The lowest BCUT2D eigenvalue weighted by Crippen LogP contribution is -2.47. The van der Waals surface area contributed by atoms with Gasteiger partial charge in [-0.1, -0.05) is 55.5 Å². The van der Waals surface area contributed by atoms with Crippen LogP contribution in [-0.4, -0.2) is 26.9 Å². The number of carbonyl (C=O) groups is 1. The smallest absolute Gasteiger partial charge is 0.422 e. The molecule has 0 fully saturated rings. The molecule has 4 rings (SSSR count). The summed E-state index contributed by atoms with van der Waals surface area (Å²) in [5, 5.41) is 21.1. The van der Waals surface area contributed by atoms with Crippen LogP contribution in [0.2, 0.25) is 0 Å². The third-order valence-corrected chi connectivity index (χ3v) is 6.14. The SMILES string of the molecule is CC(c1c(C(=O)O)cccc1-c1ccccc1)C(O)(c1ccc2oc(=O)n(C)c2c1)C(F)(F)F. The fourth-order valence-electron chi connectivity index (χ4n) is 4.32. The van der Waals surface area contributed by atoms with Crippen LogP contribution < -0.4 is 5.76 Å². The van der Waals surface area contributed by atoms with E-state index in [9.17, 15) is 33.0 Å². The van der Waals surface area contributed by atoms with Gasteiger partial charge in [-0.15, -0.1) is 0 Å². The number of alkyl halides is 3. The van der Waals surface area contributed by atoms with Crippen molar-refractivity contribution in [2.75, 3.05) is 0 Å². The normalized spacial score (nSPS) is 14.6. The Kier molecular flexibility index (Phi) is 5.61. The van der Waals surface area contributed by atoms with Crippen molar-refractivity contribution in [3.8, 4) is 11.1 Å². The number of nitrogens with zero attached hydrogens (tertiary/aromatic N) is 1. The van der Waals surface area contributed by atoms with Crippen molar-refractivity contribution in [1.82, 2.24) is 4.57 Å². The van der Waals surface area contributed by atoms with Gasteiger partial charge in [-0.2, -0.15) is 13.2 Å². The molecule has 3 aromatic carbocycles. The van der Waals surface area contributed by atoms with Crippen molar-refractivity contribution >= 4 is 17.1 Å². The standard InChI is InChI=1S/C25H20F3NO5/c1-14(21-17(15-7-4-3-5-8-15)9-6-10-18(21)22(30)31)24(33,25(26,27)28)16-11-12-20-19(13-16)29(2)23(32)34-20/h3-14,33H,1-2H3,(H,30,31). The van der Waals surface area contributed by atoms with Gasteiger partial charge in [0.15, 0.2) is 11.2 Å². The van der Waals surface area contributed by atoms with Crippen LogP contribution in [0.4, 0.5) is 13.2 Å². The second kappa shape index (κ2) is 8.18. The zero-order valence-electron chi connectivity index (χ0n) is 18.1. The van der Waals surface area contributed by atoms with E-state index in [1.807, 2.05) is 0 Å². The number of benzene rings is 3. The van der Waals surface area contributed by atoms with Crippen LogP contribution in [0.5, 0.6) is 0 Å². The summed E-state index contributed by atoms with van der Waals surface area (Å²) in [4.78, 5) is 23.9. The molecule has 2 N–H and O–H groups in total. The fourth-order valence-corrected chi connectivity index (χ4v) is 4.32. The molecule has 0 aliphatic heterocycles. The van der Waals surface area contributed by atoms with Gasteiger partial charge >= 0.3 is 17.9 Å². The van der Waals surface area contributed by atoms with Gasteiger partial charge < -0.3 is 14.6 Å². The molecule has 0 bridgehead atoms. The molecular formula is C25H20F3NO5. The third kappa shape index (κ3) is 3.58. The number of halogens is 3. The lowest BCUT2D eigenvalue weighted by molar-refractivity contribution is -0.274. The summed E-state index contributed by atoms with van der Waals surface area (Å²) < 4.78 is 49.8. The number of rotatable bonds is 5. The van der Waals surface area contributed by atoms with Gasteiger partial charge in [0.2, 0.25) is 0 Å². The summed E-state index contributed by atoms with van der Waals surface area (Å²) >= 11 is 0. The predicted octanol–water partition coefficient (Wildman–Crippen LogP) is 5.05. The number of aromatic carboxylic acids is 1. The number of carboxylic acids is 1. The number of fused-ring (bicyclic) bond motifs is 1. The Bertz CT molecular complexity index is 1440. The van der Waals surface area contributed by atoms with Crippen LogP contribution in [0.25, 0.3) is 22.2 Å². The highest BCUT2D eigenvalue weighted by Crippen LogP contribution is 2.51. The highest BCUT2D eigenvalue weighted by atomic mass is 19.4. The number of aliphatic hydroxyl groups is 1. The molecule has 2 unspecified atom stereocenters. The van der Waals surface area contributed by atoms with Gasteiger partial charge in [0.1, 0.15) is 0 Å². The molecule has 0 amide bonds. The Labute approximate surface area is 191 Å². The van der Waals surface area contributed by atoms with Gasteiger partial charge in [-0.3, -0.25) is 4.57 Å². The van der Waals surface area contributed by atoms with Gasteiger partial charge in [0.25, 0.3) is 0 Å². The molecule has 0 spiro atoms. The monoisotopic (exact) mass is 471 g/mol. The molecule has 0 aliphatic carbocycles. The minimum absolute atomic E-state index is 0.0596. The van der Waals surface area contributed by atoms with Gasteiger partial charge in [0, 0.05) is 13.0 Å². The number of aryl methyl sites for hydroxylation is 1. The van der Waals surface area contributed by atoms with Crippen LogP contribution in [0.3, 0.4) is 0 Å². The van der Waals surface area contributed by atoms with E-state index in [4.69, 9.17) is 4.42 Å². The molecule has 0 aliphatic rings. The molecule has 9 heteroatoms. The summed E-state index contributed by atoms with van der Waals surface area (Å²) in [7, 11) is 1.33. The quantitative estimate of drug-likeness (QED) is 0.425. The Balaban J connectivity index is 2.02. The minimum Gasteiger partial charge on any atom is -0.478 e. The molecule has 0 radical (unpaired) electrons. The average molecular weight is 471 g/mol. The summed E-state index contributed by atoms with van der Waals surface area (Å²) in [5.41, 5.74) is -3.66. The van der Waals surface area contributed by atoms with E-state index < -0.39 is 35.0 Å².